The third-order valence-electron chi connectivity index (χ3n) is 17.6. The summed E-state index contributed by atoms with van der Waals surface area (Å²) in [6.45, 7) is 33.5. The molecule has 40 heteroatoms. The van der Waals surface area contributed by atoms with Gasteiger partial charge in [-0.15, -0.1) is 0 Å². The van der Waals surface area contributed by atoms with Crippen LogP contribution in [0.4, 0.5) is 14.4 Å². The zero-order valence-corrected chi connectivity index (χ0v) is 88.2. The molecule has 4 unspecified atom stereocenters. The van der Waals surface area contributed by atoms with E-state index < -0.39 is 101 Å². The number of aliphatic imine (C=N–C) groups is 1. The number of allylic oxidation sites excluding steroid dienone is 4. The number of isocyanates is 1. The number of esters is 4. The van der Waals surface area contributed by atoms with Gasteiger partial charge in [-0.25, -0.2) is 43.3 Å². The second-order valence-electron chi connectivity index (χ2n) is 27.7. The molecule has 0 saturated heterocycles. The molecule has 0 aromatic carbocycles. The number of aliphatic hydroxyl groups excluding tert-OH is 1. The summed E-state index contributed by atoms with van der Waals surface area (Å²) in [5, 5.41) is 18.1. The van der Waals surface area contributed by atoms with E-state index in [1.165, 1.54) is 6.08 Å². The zero-order valence-electron chi connectivity index (χ0n) is 71.5. The van der Waals surface area contributed by atoms with Gasteiger partial charge in [0.2, 0.25) is 6.08 Å². The second-order valence-corrected chi connectivity index (χ2v) is 52.6. The van der Waals surface area contributed by atoms with E-state index in [1.807, 2.05) is 41.5 Å². The molecule has 684 valence electrons. The Morgan fingerprint density at radius 2 is 0.655 bits per heavy atom. The fourth-order valence-corrected chi connectivity index (χ4v) is 20.4. The Balaban J connectivity index is 0. The fourth-order valence-electron chi connectivity index (χ4n) is 11.2. The normalized spacial score (nSPS) is 14.7. The Kier molecular flexibility index (Phi) is 68.2. The highest BCUT2D eigenvalue weighted by molar-refractivity contribution is 9.29. The predicted octanol–water partition coefficient (Wildman–Crippen LogP) is 22.0. The van der Waals surface area contributed by atoms with Crippen molar-refractivity contribution in [1.29, 1.82) is 0 Å². The molecule has 4 heterocycles. The fraction of sp³-hybridized carbons (Fsp3) is 0.696. The van der Waals surface area contributed by atoms with Gasteiger partial charge in [0.1, 0.15) is 31.9 Å². The van der Waals surface area contributed by atoms with Crippen LogP contribution in [0.25, 0.3) is 0 Å². The number of nitrogens with one attached hydrogen (secondary N) is 3. The molecule has 119 heavy (non-hydrogen) atoms. The maximum absolute atomic E-state index is 12.4. The molecule has 4 atom stereocenters. The SMILES string of the molecule is C.CCCCCC(O)C1=CC(=C(Br)Br)OC1=O.CCCCCC(OC(=O)NCCC[Si](C)(C)OC)C1=CC(=C(Br)Br)OC1=O.CCCCCC(OC(=O)NCCC[Si](C)(C)OC)C1=CC(=C(Br)Br)OC1=O.CCCCCC(OC(=O)NCCC[Si](OCC)(OCC)OCC)C1=CC(=C(Br)Br)OC1=O.CCO[Si](CCCN=C=O)(OCC)OCC. The lowest BCUT2D eigenvalue weighted by molar-refractivity contribution is -0.135. The maximum Gasteiger partial charge on any atom is 0.500 e. The van der Waals surface area contributed by atoms with E-state index in [0.29, 0.717) is 169 Å². The first-order valence-corrected chi connectivity index (χ1v) is 56.9. The monoisotopic (exact) mass is 2260 g/mol. The smallest absolute Gasteiger partial charge is 0.441 e. The number of ether oxygens (including phenoxy) is 7. The second kappa shape index (κ2) is 68.5. The van der Waals surface area contributed by atoms with Crippen molar-refractivity contribution in [1.82, 2.24) is 16.0 Å². The molecule has 0 fully saturated rings. The summed E-state index contributed by atoms with van der Waals surface area (Å²) in [7, 11) is -5.07. The van der Waals surface area contributed by atoms with Crippen molar-refractivity contribution < 1.29 is 112 Å². The van der Waals surface area contributed by atoms with Crippen LogP contribution in [0.2, 0.25) is 50.4 Å². The molecule has 0 aromatic heterocycles. The molecule has 0 aliphatic carbocycles. The lowest BCUT2D eigenvalue weighted by atomic mass is 10.0. The van der Waals surface area contributed by atoms with E-state index >= 15 is 0 Å². The Bertz CT molecular complexity index is 3230. The lowest BCUT2D eigenvalue weighted by Gasteiger charge is -2.28. The topological polar surface area (TPSA) is 344 Å². The Hall–Kier alpha value is -2.66. The van der Waals surface area contributed by atoms with E-state index in [0.717, 1.165) is 108 Å². The van der Waals surface area contributed by atoms with Crippen LogP contribution < -0.4 is 16.0 Å². The number of rotatable bonds is 53. The predicted molar refractivity (Wildman–Crippen MR) is 501 cm³/mol. The molecule has 0 saturated carbocycles. The highest BCUT2D eigenvalue weighted by Gasteiger charge is 2.42. The number of carbonyl (C=O) groups is 7. The Morgan fingerprint density at radius 3 is 0.899 bits per heavy atom. The van der Waals surface area contributed by atoms with Crippen molar-refractivity contribution in [3.63, 3.8) is 0 Å². The number of cyclic esters (lactones) is 4. The maximum atomic E-state index is 12.4. The molecule has 28 nitrogen and oxygen atoms in total. The highest BCUT2D eigenvalue weighted by atomic mass is 79.9. The molecule has 3 amide bonds. The number of halogens is 8. The summed E-state index contributed by atoms with van der Waals surface area (Å²) in [6, 6.07) is 3.19. The van der Waals surface area contributed by atoms with Gasteiger partial charge in [-0.1, -0.05) is 92.9 Å². The number of alkyl carbamates (subject to hydrolysis) is 3. The van der Waals surface area contributed by atoms with Gasteiger partial charge in [-0.05, 0) is 302 Å². The van der Waals surface area contributed by atoms with Crippen molar-refractivity contribution in [3.05, 3.63) is 83.2 Å². The van der Waals surface area contributed by atoms with Gasteiger partial charge >= 0.3 is 59.8 Å². The van der Waals surface area contributed by atoms with Crippen LogP contribution in [0.15, 0.2) is 88.2 Å². The zero-order chi connectivity index (χ0) is 89.3. The standard InChI is InChI=1S/C21H35Br2NO7Si.2C18H29Br2NO5Si.C11H14Br2O3.C10H21NO4Si.CH4/c1-5-9-10-12-17(16-15-18(19(22)23)30-20(16)25)31-21(26)24-13-11-14-32(27-6-2,28-7-3)29-8-4;2*1-5-6-7-9-14(13-12-15(16(19)20)25-17(13)22)26-18(23)21-10-8-11-27(3,4)24-2;1-2-3-4-5-8(14)7-6-9(10(12)13)16-11(7)15;1-4-13-16(14-5-2,15-6-3)9-7-8-11-10-12;/h15,17H,5-14H2,1-4H3,(H,24,26);2*12,14H,5-11H2,1-4H3,(H,21,23);6,8,14H,2-5H2,1H3;4-9H2,1-3H3;1H4. The van der Waals surface area contributed by atoms with Gasteiger partial charge in [-0.3, -0.25) is 0 Å². The average molecular weight is 2270 g/mol. The van der Waals surface area contributed by atoms with Crippen LogP contribution in [0.5, 0.6) is 0 Å². The molecular formula is C79H132Br8N4O24Si4. The van der Waals surface area contributed by atoms with Gasteiger partial charge in [0, 0.05) is 85.6 Å². The minimum absolute atomic E-state index is 0. The number of carbonyl (C=O) groups excluding carboxylic acids is 8. The van der Waals surface area contributed by atoms with Gasteiger partial charge in [-0.2, -0.15) is 0 Å². The quantitative estimate of drug-likeness (QED) is 0.0110. The molecule has 4 aliphatic heterocycles. The Labute approximate surface area is 778 Å². The molecule has 0 bridgehead atoms. The Morgan fingerprint density at radius 1 is 0.403 bits per heavy atom. The van der Waals surface area contributed by atoms with Gasteiger partial charge in [0.05, 0.1) is 34.9 Å². The van der Waals surface area contributed by atoms with Crippen LogP contribution in [-0.4, -0.2) is 192 Å². The van der Waals surface area contributed by atoms with Crippen molar-refractivity contribution in [2.45, 2.75) is 280 Å². The third-order valence-corrected chi connectivity index (χ3v) is 32.3. The number of hydrogen-bond acceptors (Lipinski definition) is 25. The number of aliphatic hydroxyl groups is 1. The summed E-state index contributed by atoms with van der Waals surface area (Å²) in [5.41, 5.74) is 1.39. The van der Waals surface area contributed by atoms with Crippen LogP contribution >= 0.6 is 127 Å². The largest absolute Gasteiger partial charge is 0.500 e. The van der Waals surface area contributed by atoms with Crippen LogP contribution in [0, 0.1) is 0 Å². The first-order valence-electron chi connectivity index (χ1n) is 40.5. The third kappa shape index (κ3) is 51.1. The molecular weight excluding hydrogens is 2140 g/mol. The molecule has 0 spiro atoms. The minimum atomic E-state index is -2.75. The molecule has 4 rings (SSSR count). The summed E-state index contributed by atoms with van der Waals surface area (Å²) < 4.78 is 84.8. The molecule has 4 aliphatic rings. The minimum Gasteiger partial charge on any atom is -0.441 e. The number of amides is 3. The highest BCUT2D eigenvalue weighted by Crippen LogP contribution is 2.36. The molecule has 0 radical (unpaired) electrons. The lowest BCUT2D eigenvalue weighted by Crippen LogP contribution is -2.46. The van der Waals surface area contributed by atoms with E-state index in [4.69, 9.17) is 68.6 Å². The average Bonchev–Trinajstić information content (AvgIpc) is 1.70. The summed E-state index contributed by atoms with van der Waals surface area (Å²) in [4.78, 5) is 98.3. The van der Waals surface area contributed by atoms with E-state index in [-0.39, 0.29) is 7.43 Å². The van der Waals surface area contributed by atoms with Crippen molar-refractivity contribution >= 4 is 210 Å². The van der Waals surface area contributed by atoms with Gasteiger partial charge in [0.15, 0.2) is 39.7 Å². The van der Waals surface area contributed by atoms with Gasteiger partial charge < -0.3 is 89.6 Å². The van der Waals surface area contributed by atoms with Crippen LogP contribution in [-0.2, 0) is 92.5 Å². The van der Waals surface area contributed by atoms with Crippen molar-refractivity contribution in [2.75, 3.05) is 80.0 Å². The summed E-state index contributed by atoms with van der Waals surface area (Å²) >= 11 is 25.7. The van der Waals surface area contributed by atoms with Gasteiger partial charge in [0.25, 0.3) is 0 Å². The van der Waals surface area contributed by atoms with Crippen molar-refractivity contribution in [3.8, 4) is 0 Å². The molecule has 0 aromatic rings. The van der Waals surface area contributed by atoms with Crippen LogP contribution in [0.3, 0.4) is 0 Å². The first kappa shape index (κ1) is 118. The molecule has 4 N–H and O–H groups in total. The van der Waals surface area contributed by atoms with E-state index in [1.54, 1.807) is 38.5 Å². The van der Waals surface area contributed by atoms with E-state index in [2.05, 4.69) is 202 Å². The number of unbranched alkanes of at least 4 members (excludes halogenated alkanes) is 8. The summed E-state index contributed by atoms with van der Waals surface area (Å²) in [5.74, 6) is -0.403. The summed E-state index contributed by atoms with van der Waals surface area (Å²) in [6.07, 6.45) is 20.7. The first-order chi connectivity index (χ1) is 56.0. The number of nitrogens with zero attached hydrogens (tertiary/aromatic N) is 1. The van der Waals surface area contributed by atoms with E-state index in [9.17, 15) is 43.5 Å². The number of hydrogen-bond donors (Lipinski definition) is 4. The van der Waals surface area contributed by atoms with Crippen molar-refractivity contribution in [2.24, 2.45) is 4.99 Å². The van der Waals surface area contributed by atoms with Crippen LogP contribution in [0.1, 0.15) is 205 Å².